The average Bonchev–Trinajstić information content (AvgIpc) is 2.67. The second-order valence-corrected chi connectivity index (χ2v) is 7.54. The van der Waals surface area contributed by atoms with E-state index >= 15 is 0 Å². The Balaban J connectivity index is 4.07. The maximum atomic E-state index is 13.2. The molecule has 0 heterocycles. The van der Waals surface area contributed by atoms with Gasteiger partial charge in [0, 0.05) is 0 Å². The summed E-state index contributed by atoms with van der Waals surface area (Å²) in [6.45, 7) is 2.93. The van der Waals surface area contributed by atoms with Gasteiger partial charge in [0.2, 0.25) is 0 Å². The van der Waals surface area contributed by atoms with Crippen molar-refractivity contribution >= 4 is 11.9 Å². The molecule has 0 radical (unpaired) electrons. The highest BCUT2D eigenvalue weighted by molar-refractivity contribution is 5.89. The molecule has 0 aromatic rings. The Kier molecular flexibility index (Phi) is 13.1. The predicted octanol–water partition coefficient (Wildman–Crippen LogP) is 6.18. The first kappa shape index (κ1) is 29.5. The number of hydrogen-bond donors (Lipinski definition) is 1. The third kappa shape index (κ3) is 10.1. The molecule has 0 aliphatic carbocycles. The van der Waals surface area contributed by atoms with Crippen molar-refractivity contribution in [1.82, 2.24) is 5.32 Å². The number of ether oxygens (including phenoxy) is 1. The van der Waals surface area contributed by atoms with Crippen LogP contribution < -0.4 is 5.32 Å². The van der Waals surface area contributed by atoms with Crippen LogP contribution in [0.4, 0.5) is 30.7 Å². The summed E-state index contributed by atoms with van der Waals surface area (Å²) < 4.78 is 93.1. The number of rotatable bonds is 16. The topological polar surface area (TPSA) is 55.4 Å². The second kappa shape index (κ2) is 13.8. The van der Waals surface area contributed by atoms with E-state index in [1.807, 2.05) is 0 Å². The van der Waals surface area contributed by atoms with Gasteiger partial charge in [0.05, 0.1) is 6.61 Å². The van der Waals surface area contributed by atoms with Crippen molar-refractivity contribution in [2.24, 2.45) is 0 Å². The van der Waals surface area contributed by atoms with Gasteiger partial charge in [-0.3, -0.25) is 4.79 Å². The van der Waals surface area contributed by atoms with Gasteiger partial charge in [-0.25, -0.2) is 4.79 Å². The molecule has 0 aliphatic heterocycles. The zero-order chi connectivity index (χ0) is 24.1. The molecular weight excluding hydrogens is 435 g/mol. The minimum absolute atomic E-state index is 0.0782. The number of alkyl halides is 7. The molecule has 1 N–H and O–H groups in total. The van der Waals surface area contributed by atoms with Gasteiger partial charge >= 0.3 is 24.0 Å². The van der Waals surface area contributed by atoms with Crippen LogP contribution in [0, 0.1) is 0 Å². The van der Waals surface area contributed by atoms with E-state index in [0.29, 0.717) is 6.42 Å². The molecule has 31 heavy (non-hydrogen) atoms. The van der Waals surface area contributed by atoms with Crippen LogP contribution in [0.3, 0.4) is 0 Å². The molecule has 4 nitrogen and oxygen atoms in total. The Labute approximate surface area is 178 Å². The first-order valence-electron chi connectivity index (χ1n) is 10.6. The summed E-state index contributed by atoms with van der Waals surface area (Å²) >= 11 is 0. The molecule has 0 fully saturated rings. The van der Waals surface area contributed by atoms with Gasteiger partial charge in [-0.15, -0.1) is 0 Å². The summed E-state index contributed by atoms with van der Waals surface area (Å²) in [6.07, 6.45) is 4.95. The van der Waals surface area contributed by atoms with E-state index < -0.39 is 35.9 Å². The van der Waals surface area contributed by atoms with E-state index in [1.165, 1.54) is 32.1 Å². The van der Waals surface area contributed by atoms with Gasteiger partial charge in [0.15, 0.2) is 0 Å². The lowest BCUT2D eigenvalue weighted by Gasteiger charge is -2.27. The quantitative estimate of drug-likeness (QED) is 0.168. The van der Waals surface area contributed by atoms with Gasteiger partial charge in [0.1, 0.15) is 6.04 Å². The number of carbonyl (C=O) groups excluding carboxylic acids is 2. The SMILES string of the molecule is CCCCCCCCCCCCCOC(=O)[C@H](C)NC(=O)C(F)(F)C(F)(F)C(F)(F)F. The van der Waals surface area contributed by atoms with E-state index in [9.17, 15) is 40.3 Å². The molecule has 0 saturated heterocycles. The van der Waals surface area contributed by atoms with Crippen LogP contribution in [0.25, 0.3) is 0 Å². The van der Waals surface area contributed by atoms with Crippen LogP contribution in [-0.4, -0.2) is 42.5 Å². The lowest BCUT2D eigenvalue weighted by Crippen LogP contribution is -2.61. The highest BCUT2D eigenvalue weighted by atomic mass is 19.4. The molecule has 0 aliphatic rings. The molecule has 0 spiro atoms. The van der Waals surface area contributed by atoms with Gasteiger partial charge in [-0.2, -0.15) is 30.7 Å². The number of nitrogens with one attached hydrogen (secondary N) is 1. The lowest BCUT2D eigenvalue weighted by molar-refractivity contribution is -0.344. The predicted molar refractivity (Wildman–Crippen MR) is 101 cm³/mol. The molecule has 1 amide bonds. The fourth-order valence-corrected chi connectivity index (χ4v) is 2.73. The first-order valence-corrected chi connectivity index (χ1v) is 10.6. The van der Waals surface area contributed by atoms with Crippen LogP contribution in [0.1, 0.15) is 84.5 Å². The Hall–Kier alpha value is -1.55. The molecule has 184 valence electrons. The molecule has 0 unspecified atom stereocenters. The summed E-state index contributed by atoms with van der Waals surface area (Å²) in [5.41, 5.74) is 0. The molecular formula is C20H32F7NO3. The third-order valence-corrected chi connectivity index (χ3v) is 4.73. The van der Waals surface area contributed by atoms with E-state index in [2.05, 4.69) is 6.92 Å². The average molecular weight is 467 g/mol. The van der Waals surface area contributed by atoms with Crippen molar-refractivity contribution < 1.29 is 45.1 Å². The molecule has 0 saturated carbocycles. The summed E-state index contributed by atoms with van der Waals surface area (Å²) in [5, 5.41) is 1.15. The van der Waals surface area contributed by atoms with Crippen LogP contribution >= 0.6 is 0 Å². The van der Waals surface area contributed by atoms with Crippen LogP contribution in [0.15, 0.2) is 0 Å². The summed E-state index contributed by atoms with van der Waals surface area (Å²) in [4.78, 5) is 22.8. The number of esters is 1. The molecule has 1 atom stereocenters. The Morgan fingerprint density at radius 3 is 1.61 bits per heavy atom. The van der Waals surface area contributed by atoms with E-state index in [0.717, 1.165) is 44.3 Å². The fraction of sp³-hybridized carbons (Fsp3) is 0.900. The minimum atomic E-state index is -6.63. The normalized spacial score (nSPS) is 13.7. The first-order chi connectivity index (χ1) is 14.3. The number of unbranched alkanes of at least 4 members (excludes halogenated alkanes) is 10. The Morgan fingerprint density at radius 1 is 0.774 bits per heavy atom. The number of hydrogen-bond acceptors (Lipinski definition) is 3. The van der Waals surface area contributed by atoms with Crippen molar-refractivity contribution in [3.05, 3.63) is 0 Å². The van der Waals surface area contributed by atoms with Crippen molar-refractivity contribution in [2.45, 2.75) is 109 Å². The van der Waals surface area contributed by atoms with E-state index in [4.69, 9.17) is 4.74 Å². The van der Waals surface area contributed by atoms with Gasteiger partial charge in [0.25, 0.3) is 5.91 Å². The standard InChI is InChI=1S/C20H32F7NO3/c1-3-4-5-6-7-8-9-10-11-12-13-14-31-16(29)15(2)28-17(30)18(21,22)19(23,24)20(25,26)27/h15H,3-14H2,1-2H3,(H,28,30)/t15-/m0/s1. The van der Waals surface area contributed by atoms with Gasteiger partial charge in [-0.05, 0) is 13.3 Å². The van der Waals surface area contributed by atoms with Crippen LogP contribution in [0.2, 0.25) is 0 Å². The highest BCUT2D eigenvalue weighted by Gasteiger charge is 2.76. The largest absolute Gasteiger partial charge is 0.464 e. The fourth-order valence-electron chi connectivity index (χ4n) is 2.73. The maximum absolute atomic E-state index is 13.2. The van der Waals surface area contributed by atoms with Crippen molar-refractivity contribution in [3.63, 3.8) is 0 Å². The van der Waals surface area contributed by atoms with Gasteiger partial charge in [-0.1, -0.05) is 71.1 Å². The highest BCUT2D eigenvalue weighted by Crippen LogP contribution is 2.46. The Bertz CT molecular complexity index is 539. The second-order valence-electron chi connectivity index (χ2n) is 7.54. The molecule has 0 aromatic heterocycles. The smallest absolute Gasteiger partial charge is 0.460 e. The molecule has 0 bridgehead atoms. The van der Waals surface area contributed by atoms with Crippen molar-refractivity contribution in [2.75, 3.05) is 6.61 Å². The third-order valence-electron chi connectivity index (χ3n) is 4.73. The van der Waals surface area contributed by atoms with Crippen molar-refractivity contribution in [3.8, 4) is 0 Å². The summed E-state index contributed by atoms with van der Waals surface area (Å²) in [6, 6.07) is -1.81. The molecule has 11 heteroatoms. The van der Waals surface area contributed by atoms with E-state index in [-0.39, 0.29) is 6.61 Å². The van der Waals surface area contributed by atoms with Crippen LogP contribution in [0.5, 0.6) is 0 Å². The minimum Gasteiger partial charge on any atom is -0.464 e. The number of halogens is 7. The zero-order valence-corrected chi connectivity index (χ0v) is 17.9. The van der Waals surface area contributed by atoms with Gasteiger partial charge < -0.3 is 10.1 Å². The monoisotopic (exact) mass is 467 g/mol. The molecule has 0 aromatic carbocycles. The number of amides is 1. The van der Waals surface area contributed by atoms with E-state index in [1.54, 1.807) is 0 Å². The maximum Gasteiger partial charge on any atom is 0.460 e. The van der Waals surface area contributed by atoms with Crippen LogP contribution in [-0.2, 0) is 14.3 Å². The summed E-state index contributed by atoms with van der Waals surface area (Å²) in [7, 11) is 0. The van der Waals surface area contributed by atoms with Crippen molar-refractivity contribution in [1.29, 1.82) is 0 Å². The molecule has 0 rings (SSSR count). The lowest BCUT2D eigenvalue weighted by atomic mass is 10.1. The Morgan fingerprint density at radius 2 is 1.19 bits per heavy atom. The number of carbonyl (C=O) groups is 2. The zero-order valence-electron chi connectivity index (χ0n) is 17.9. The summed E-state index contributed by atoms with van der Waals surface area (Å²) in [5.74, 6) is -16.8.